The number of H-pyrrole nitrogens is 1. The van der Waals surface area contributed by atoms with Gasteiger partial charge in [-0.2, -0.15) is 5.10 Å². The largest absolute Gasteiger partial charge is 0.350 e. The van der Waals surface area contributed by atoms with Gasteiger partial charge < -0.3 is 15.6 Å². The molecule has 1 aromatic carbocycles. The number of hydrogen-bond donors (Lipinski definition) is 3. The second-order valence-electron chi connectivity index (χ2n) is 11.0. The van der Waals surface area contributed by atoms with Crippen LogP contribution in [-0.2, 0) is 11.8 Å². The Morgan fingerprint density at radius 3 is 2.46 bits per heavy atom. The minimum absolute atomic E-state index is 0.0627. The van der Waals surface area contributed by atoms with Gasteiger partial charge in [-0.15, -0.1) is 0 Å². The van der Waals surface area contributed by atoms with Gasteiger partial charge in [-0.25, -0.2) is 22.5 Å². The maximum absolute atomic E-state index is 13.9. The highest BCUT2D eigenvalue weighted by atomic mass is 19.3. The molecule has 12 heteroatoms. The van der Waals surface area contributed by atoms with Crippen molar-refractivity contribution in [2.75, 3.05) is 0 Å². The lowest BCUT2D eigenvalue weighted by atomic mass is 9.79. The molecule has 3 N–H and O–H groups in total. The molecule has 2 saturated carbocycles. The summed E-state index contributed by atoms with van der Waals surface area (Å²) in [6.45, 7) is 1.81. The van der Waals surface area contributed by atoms with Gasteiger partial charge in [-0.05, 0) is 55.4 Å². The second-order valence-corrected chi connectivity index (χ2v) is 11.0. The minimum Gasteiger partial charge on any atom is -0.350 e. The molecule has 39 heavy (non-hydrogen) atoms. The topological polar surface area (TPSA) is 105 Å². The van der Waals surface area contributed by atoms with E-state index in [1.807, 2.05) is 18.2 Å². The third-order valence-corrected chi connectivity index (χ3v) is 7.92. The van der Waals surface area contributed by atoms with E-state index in [2.05, 4.69) is 20.7 Å². The van der Waals surface area contributed by atoms with Gasteiger partial charge in [0.05, 0.1) is 23.1 Å². The van der Waals surface area contributed by atoms with Crippen LogP contribution in [0.2, 0.25) is 0 Å². The molecule has 5 rings (SSSR count). The van der Waals surface area contributed by atoms with Crippen molar-refractivity contribution in [3.63, 3.8) is 0 Å². The van der Waals surface area contributed by atoms with Crippen molar-refractivity contribution in [2.45, 2.75) is 75.8 Å². The Bertz CT molecular complexity index is 1350. The summed E-state index contributed by atoms with van der Waals surface area (Å²) in [6.07, 6.45) is 1.03. The van der Waals surface area contributed by atoms with Gasteiger partial charge in [0.2, 0.25) is 17.8 Å². The molecule has 0 spiro atoms. The Hall–Kier alpha value is -3.44. The molecular formula is C27H32F4N6O2. The molecule has 2 aliphatic carbocycles. The Labute approximate surface area is 222 Å². The van der Waals surface area contributed by atoms with Crippen LogP contribution >= 0.6 is 0 Å². The fourth-order valence-corrected chi connectivity index (χ4v) is 5.65. The highest BCUT2D eigenvalue weighted by Crippen LogP contribution is 2.44. The van der Waals surface area contributed by atoms with Crippen molar-refractivity contribution in [1.82, 2.24) is 30.4 Å². The van der Waals surface area contributed by atoms with Crippen molar-refractivity contribution in [3.8, 4) is 0 Å². The molecule has 2 atom stereocenters. The zero-order chi connectivity index (χ0) is 27.9. The summed E-state index contributed by atoms with van der Waals surface area (Å²) < 4.78 is 55.4. The van der Waals surface area contributed by atoms with Crippen molar-refractivity contribution in [3.05, 3.63) is 47.5 Å². The summed E-state index contributed by atoms with van der Waals surface area (Å²) in [7, 11) is 1.65. The van der Waals surface area contributed by atoms with Gasteiger partial charge in [0.15, 0.2) is 0 Å². The number of rotatable bonds is 8. The van der Waals surface area contributed by atoms with E-state index >= 15 is 0 Å². The number of nitrogens with one attached hydrogen (secondary N) is 3. The first kappa shape index (κ1) is 27.1. The number of aromatic nitrogens is 4. The predicted octanol–water partition coefficient (Wildman–Crippen LogP) is 5.21. The monoisotopic (exact) mass is 548 g/mol. The first-order chi connectivity index (χ1) is 18.4. The SMILES string of the molecule is C[C@@H](NC(=O)CC1CC(F)(F)C1)c1ccc2[nH]c([C@@H](NC(=O)c3ccnn3C)C3CCC(F)(F)CC3)nc2c1. The standard InChI is InChI=1S/C27H32F4N6O2/c1-15(33-22(38)11-16-13-27(30,31)14-16)18-3-4-19-20(12-18)35-24(34-19)23(17-5-8-26(28,29)9-6-17)36-25(39)21-7-10-32-37(21)2/h3-4,7,10,12,15-17,23H,5-6,8-9,11,13-14H2,1-2H3,(H,33,38)(H,34,35)(H,36,39)/t15-,23+/m1/s1. The lowest BCUT2D eigenvalue weighted by molar-refractivity contribution is -0.134. The highest BCUT2D eigenvalue weighted by molar-refractivity contribution is 5.92. The van der Waals surface area contributed by atoms with Crippen LogP contribution in [-0.4, -0.2) is 43.4 Å². The number of amides is 2. The first-order valence-electron chi connectivity index (χ1n) is 13.2. The lowest BCUT2D eigenvalue weighted by Crippen LogP contribution is -2.39. The summed E-state index contributed by atoms with van der Waals surface area (Å²) in [6, 6.07) is 6.05. The number of imidazole rings is 1. The van der Waals surface area contributed by atoms with E-state index < -0.39 is 17.9 Å². The van der Waals surface area contributed by atoms with Gasteiger partial charge in [0.25, 0.3) is 5.91 Å². The van der Waals surface area contributed by atoms with Gasteiger partial charge >= 0.3 is 0 Å². The van der Waals surface area contributed by atoms with E-state index in [0.717, 1.165) is 5.56 Å². The van der Waals surface area contributed by atoms with Crippen LogP contribution in [0.25, 0.3) is 11.0 Å². The fraction of sp³-hybridized carbons (Fsp3) is 0.556. The van der Waals surface area contributed by atoms with Crippen LogP contribution in [0.3, 0.4) is 0 Å². The van der Waals surface area contributed by atoms with Crippen molar-refractivity contribution in [2.24, 2.45) is 18.9 Å². The number of benzene rings is 1. The first-order valence-corrected chi connectivity index (χ1v) is 13.2. The van der Waals surface area contributed by atoms with Crippen LogP contribution in [0, 0.1) is 11.8 Å². The number of aryl methyl sites for hydroxylation is 1. The molecule has 0 bridgehead atoms. The van der Waals surface area contributed by atoms with E-state index in [1.54, 1.807) is 20.0 Å². The van der Waals surface area contributed by atoms with E-state index in [0.29, 0.717) is 22.6 Å². The Morgan fingerprint density at radius 2 is 1.82 bits per heavy atom. The summed E-state index contributed by atoms with van der Waals surface area (Å²) in [4.78, 5) is 33.4. The Balaban J connectivity index is 1.33. The van der Waals surface area contributed by atoms with Crippen molar-refractivity contribution < 1.29 is 27.2 Å². The van der Waals surface area contributed by atoms with Crippen LogP contribution in [0.4, 0.5) is 17.6 Å². The minimum atomic E-state index is -2.71. The van der Waals surface area contributed by atoms with E-state index in [9.17, 15) is 27.2 Å². The van der Waals surface area contributed by atoms with Crippen LogP contribution in [0.1, 0.15) is 85.8 Å². The molecule has 2 aliphatic rings. The molecule has 2 heterocycles. The zero-order valence-electron chi connectivity index (χ0n) is 21.8. The van der Waals surface area contributed by atoms with E-state index in [4.69, 9.17) is 4.98 Å². The molecular weight excluding hydrogens is 516 g/mol. The lowest BCUT2D eigenvalue weighted by Gasteiger charge is -2.34. The Kier molecular flexibility index (Phi) is 7.15. The van der Waals surface area contributed by atoms with Gasteiger partial charge in [-0.1, -0.05) is 6.07 Å². The molecule has 0 aliphatic heterocycles. The molecule has 0 saturated heterocycles. The summed E-state index contributed by atoms with van der Waals surface area (Å²) >= 11 is 0. The summed E-state index contributed by atoms with van der Waals surface area (Å²) in [5.41, 5.74) is 2.42. The molecule has 2 fully saturated rings. The summed E-state index contributed by atoms with van der Waals surface area (Å²) in [5, 5.41) is 9.88. The molecule has 2 aromatic heterocycles. The zero-order valence-corrected chi connectivity index (χ0v) is 21.8. The normalized spacial score (nSPS) is 20.8. The van der Waals surface area contributed by atoms with E-state index in [1.165, 1.54) is 10.9 Å². The number of nitrogens with zero attached hydrogens (tertiary/aromatic N) is 3. The summed E-state index contributed by atoms with van der Waals surface area (Å²) in [5.74, 6) is -6.10. The van der Waals surface area contributed by atoms with Crippen molar-refractivity contribution >= 4 is 22.8 Å². The maximum atomic E-state index is 13.9. The Morgan fingerprint density at radius 1 is 1.10 bits per heavy atom. The average molecular weight is 549 g/mol. The number of carbonyl (C=O) groups excluding carboxylic acids is 2. The van der Waals surface area contributed by atoms with E-state index in [-0.39, 0.29) is 74.6 Å². The number of carbonyl (C=O) groups is 2. The number of halogens is 4. The third-order valence-electron chi connectivity index (χ3n) is 7.92. The molecule has 210 valence electrons. The van der Waals surface area contributed by atoms with Crippen molar-refractivity contribution in [1.29, 1.82) is 0 Å². The van der Waals surface area contributed by atoms with Crippen LogP contribution in [0.15, 0.2) is 30.5 Å². The fourth-order valence-electron chi connectivity index (χ4n) is 5.65. The van der Waals surface area contributed by atoms with Gasteiger partial charge in [-0.3, -0.25) is 14.3 Å². The quantitative estimate of drug-likeness (QED) is 0.337. The van der Waals surface area contributed by atoms with Crippen LogP contribution < -0.4 is 10.6 Å². The van der Waals surface area contributed by atoms with Gasteiger partial charge in [0.1, 0.15) is 11.5 Å². The number of fused-ring (bicyclic) bond motifs is 1. The average Bonchev–Trinajstić information content (AvgIpc) is 3.47. The molecule has 2 amide bonds. The second kappa shape index (κ2) is 10.3. The maximum Gasteiger partial charge on any atom is 0.270 e. The highest BCUT2D eigenvalue weighted by Gasteiger charge is 2.45. The molecule has 3 aromatic rings. The molecule has 0 unspecified atom stereocenters. The number of alkyl halides is 4. The number of aromatic amines is 1. The molecule has 0 radical (unpaired) electrons. The molecule has 8 nitrogen and oxygen atoms in total. The smallest absolute Gasteiger partial charge is 0.270 e. The third kappa shape index (κ3) is 6.09. The van der Waals surface area contributed by atoms with Gasteiger partial charge in [0, 0.05) is 45.3 Å². The predicted molar refractivity (Wildman–Crippen MR) is 135 cm³/mol. The van der Waals surface area contributed by atoms with Crippen LogP contribution in [0.5, 0.6) is 0 Å². The number of hydrogen-bond acceptors (Lipinski definition) is 4.